The number of benzene rings is 2. The van der Waals surface area contributed by atoms with Crippen molar-refractivity contribution in [2.24, 2.45) is 5.92 Å². The smallest absolute Gasteiger partial charge is 0.490 e. The minimum absolute atomic E-state index is 0.194. The number of carbonyl (C=O) groups is 3. The molecule has 2 aliphatic rings. The summed E-state index contributed by atoms with van der Waals surface area (Å²) in [6, 6.07) is 13.8. The van der Waals surface area contributed by atoms with Crippen molar-refractivity contribution in [1.29, 1.82) is 0 Å². The number of carboxylic acid groups (broad SMARTS) is 2. The van der Waals surface area contributed by atoms with E-state index in [1.165, 1.54) is 12.1 Å². The van der Waals surface area contributed by atoms with Crippen molar-refractivity contribution in [3.63, 3.8) is 0 Å². The number of piperidine rings is 1. The van der Waals surface area contributed by atoms with E-state index in [1.807, 2.05) is 24.4 Å². The summed E-state index contributed by atoms with van der Waals surface area (Å²) < 4.78 is 83.2. The number of halogens is 8. The molecule has 21 heteroatoms. The van der Waals surface area contributed by atoms with Crippen LogP contribution in [0.5, 0.6) is 5.75 Å². The number of fused-ring (bicyclic) bond motifs is 6. The van der Waals surface area contributed by atoms with Gasteiger partial charge in [0.2, 0.25) is 5.95 Å². The zero-order valence-corrected chi connectivity index (χ0v) is 29.7. The molecule has 2 amide bonds. The summed E-state index contributed by atoms with van der Waals surface area (Å²) in [6.07, 6.45) is -0.741. The predicted octanol–water partition coefficient (Wildman–Crippen LogP) is 8.23. The molecule has 56 heavy (non-hydrogen) atoms. The minimum atomic E-state index is -5.08. The van der Waals surface area contributed by atoms with E-state index in [0.717, 1.165) is 60.4 Å². The van der Waals surface area contributed by atoms with Gasteiger partial charge < -0.3 is 35.8 Å². The fraction of sp³-hybridized carbons (Fsp3) is 0.314. The van der Waals surface area contributed by atoms with Crippen molar-refractivity contribution >= 4 is 58.4 Å². The van der Waals surface area contributed by atoms with Crippen LogP contribution in [0.25, 0.3) is 0 Å². The lowest BCUT2D eigenvalue weighted by Gasteiger charge is -2.32. The lowest BCUT2D eigenvalue weighted by Crippen LogP contribution is -2.41. The van der Waals surface area contributed by atoms with Gasteiger partial charge in [-0.05, 0) is 91.6 Å². The number of anilines is 5. The molecule has 300 valence electrons. The van der Waals surface area contributed by atoms with Gasteiger partial charge in [-0.2, -0.15) is 31.3 Å². The Balaban J connectivity index is 0.000000425. The Morgan fingerprint density at radius 3 is 2.21 bits per heavy atom. The number of carbonyl (C=O) groups excluding carboxylic acids is 1. The summed E-state index contributed by atoms with van der Waals surface area (Å²) in [6.45, 7) is 1.90. The summed E-state index contributed by atoms with van der Waals surface area (Å²) in [7, 11) is 0. The number of carboxylic acids is 2. The first-order chi connectivity index (χ1) is 26.4. The van der Waals surface area contributed by atoms with Gasteiger partial charge in [-0.15, -0.1) is 0 Å². The van der Waals surface area contributed by atoms with Gasteiger partial charge in [0.15, 0.2) is 5.82 Å². The molecule has 4 aromatic rings. The molecule has 0 aliphatic carbocycles. The second-order valence-corrected chi connectivity index (χ2v) is 12.6. The van der Waals surface area contributed by atoms with Gasteiger partial charge >= 0.3 is 30.3 Å². The largest absolute Gasteiger partial charge is 0.493 e. The molecule has 0 saturated carbocycles. The molecule has 5 N–H and O–H groups in total. The van der Waals surface area contributed by atoms with Gasteiger partial charge in [0.25, 0.3) is 0 Å². The standard InChI is InChI=1S/C31H31ClFN7O2.2C2HF3O2/c32-27-19-35-30-37-26-14-21(17-34-18-26)4-5-22-15-25(36-29(27)39-30)6-7-28(22)42-13-10-20-8-11-40(12-9-20)31(41)38-24-3-1-2-23(33)16-24;2*3-2(4,5)1(6)7/h1-3,6-7,14-20H,4-5,8-13H2,(H,38,41)(H2,35,36,37,39);2*(H,6,7). The Morgan fingerprint density at radius 1 is 0.893 bits per heavy atom. The zero-order valence-electron chi connectivity index (χ0n) is 28.9. The summed E-state index contributed by atoms with van der Waals surface area (Å²) in [5, 5.41) is 24.0. The Kier molecular flexibility index (Phi) is 14.6. The second-order valence-electron chi connectivity index (χ2n) is 12.2. The van der Waals surface area contributed by atoms with Crippen molar-refractivity contribution < 1.29 is 60.1 Å². The van der Waals surface area contributed by atoms with Crippen molar-refractivity contribution in [3.05, 3.63) is 89.1 Å². The third-order valence-electron chi connectivity index (χ3n) is 8.05. The van der Waals surface area contributed by atoms with Crippen LogP contribution >= 0.6 is 11.6 Å². The number of urea groups is 1. The third-order valence-corrected chi connectivity index (χ3v) is 8.32. The highest BCUT2D eigenvalue weighted by atomic mass is 35.5. The Bertz CT molecular complexity index is 1970. The van der Waals surface area contributed by atoms with Crippen LogP contribution in [0.2, 0.25) is 5.02 Å². The lowest BCUT2D eigenvalue weighted by molar-refractivity contribution is -0.193. The summed E-state index contributed by atoms with van der Waals surface area (Å²) in [5.74, 6) is -3.64. The van der Waals surface area contributed by atoms with Gasteiger partial charge in [0.05, 0.1) is 24.7 Å². The first-order valence-corrected chi connectivity index (χ1v) is 16.9. The average molecular weight is 816 g/mol. The van der Waals surface area contributed by atoms with E-state index in [1.54, 1.807) is 29.4 Å². The summed E-state index contributed by atoms with van der Waals surface area (Å²) in [4.78, 5) is 45.4. The number of ether oxygens (including phenoxy) is 1. The normalized spacial score (nSPS) is 14.0. The first kappa shape index (κ1) is 42.8. The molecule has 1 fully saturated rings. The number of pyridine rings is 1. The first-order valence-electron chi connectivity index (χ1n) is 16.6. The number of nitrogens with zero attached hydrogens (tertiary/aromatic N) is 4. The maximum atomic E-state index is 13.4. The summed E-state index contributed by atoms with van der Waals surface area (Å²) >= 11 is 6.38. The molecular formula is C35H33ClF7N7O6. The van der Waals surface area contributed by atoms with Crippen LogP contribution in [0, 0.1) is 11.7 Å². The van der Waals surface area contributed by atoms with Crippen LogP contribution in [-0.2, 0) is 22.4 Å². The number of aromatic nitrogens is 3. The van der Waals surface area contributed by atoms with Crippen LogP contribution in [-0.4, -0.2) is 80.1 Å². The quantitative estimate of drug-likeness (QED) is 0.123. The number of aryl methyl sites for hydroxylation is 2. The molecule has 13 nitrogen and oxygen atoms in total. The second kappa shape index (κ2) is 19.1. The van der Waals surface area contributed by atoms with E-state index in [9.17, 15) is 35.5 Å². The van der Waals surface area contributed by atoms with Gasteiger partial charge in [0.1, 0.15) is 16.6 Å². The molecule has 0 atom stereocenters. The van der Waals surface area contributed by atoms with Crippen molar-refractivity contribution in [3.8, 4) is 5.75 Å². The number of amides is 2. The number of alkyl halides is 6. The van der Waals surface area contributed by atoms with Crippen LogP contribution in [0.3, 0.4) is 0 Å². The van der Waals surface area contributed by atoms with E-state index < -0.39 is 24.3 Å². The highest BCUT2D eigenvalue weighted by molar-refractivity contribution is 6.32. The van der Waals surface area contributed by atoms with Gasteiger partial charge in [-0.25, -0.2) is 23.8 Å². The number of rotatable bonds is 5. The van der Waals surface area contributed by atoms with Crippen molar-refractivity contribution in [1.82, 2.24) is 19.9 Å². The molecule has 1 saturated heterocycles. The number of aliphatic carboxylic acids is 2. The maximum Gasteiger partial charge on any atom is 0.490 e. The third kappa shape index (κ3) is 13.4. The van der Waals surface area contributed by atoms with E-state index in [2.05, 4.69) is 37.0 Å². The Morgan fingerprint density at radius 2 is 1.57 bits per heavy atom. The molecule has 0 unspecified atom stereocenters. The van der Waals surface area contributed by atoms with Crippen LogP contribution in [0.1, 0.15) is 30.4 Å². The van der Waals surface area contributed by atoms with Crippen molar-refractivity contribution in [2.75, 3.05) is 35.6 Å². The van der Waals surface area contributed by atoms with E-state index >= 15 is 0 Å². The number of nitrogens with one attached hydrogen (secondary N) is 3. The van der Waals surface area contributed by atoms with Gasteiger partial charge in [0, 0.05) is 30.7 Å². The van der Waals surface area contributed by atoms with Crippen LogP contribution in [0.4, 0.5) is 64.4 Å². The maximum absolute atomic E-state index is 13.4. The zero-order chi connectivity index (χ0) is 41.0. The molecule has 0 spiro atoms. The number of likely N-dealkylation sites (tertiary alicyclic amines) is 1. The SMILES string of the molecule is O=C(Nc1cccc(F)c1)N1CCC(CCOc2ccc3cc2CCc2cncc(c2)Nc2ncc(Cl)c(n2)N3)CC1.O=C(O)C(F)(F)F.O=C(O)C(F)(F)F. The fourth-order valence-corrected chi connectivity index (χ4v) is 5.41. The monoisotopic (exact) mass is 815 g/mol. The number of hydrogen-bond donors (Lipinski definition) is 5. The molecule has 6 rings (SSSR count). The molecule has 0 radical (unpaired) electrons. The van der Waals surface area contributed by atoms with Gasteiger partial charge in [-0.1, -0.05) is 17.7 Å². The minimum Gasteiger partial charge on any atom is -0.493 e. The van der Waals surface area contributed by atoms with E-state index in [-0.39, 0.29) is 11.8 Å². The molecule has 2 aromatic carbocycles. The molecule has 2 aliphatic heterocycles. The average Bonchev–Trinajstić information content (AvgIpc) is 3.13. The van der Waals surface area contributed by atoms with Crippen LogP contribution < -0.4 is 20.7 Å². The number of hydrogen-bond acceptors (Lipinski definition) is 9. The summed E-state index contributed by atoms with van der Waals surface area (Å²) in [5.41, 5.74) is 4.29. The molecule has 2 aromatic heterocycles. The molecule has 6 bridgehead atoms. The van der Waals surface area contributed by atoms with E-state index in [4.69, 9.17) is 36.1 Å². The van der Waals surface area contributed by atoms with Crippen molar-refractivity contribution in [2.45, 2.75) is 44.5 Å². The highest BCUT2D eigenvalue weighted by Crippen LogP contribution is 2.31. The molecule has 4 heterocycles. The Labute approximate surface area is 318 Å². The fourth-order valence-electron chi connectivity index (χ4n) is 5.27. The predicted molar refractivity (Wildman–Crippen MR) is 189 cm³/mol. The van der Waals surface area contributed by atoms with E-state index in [0.29, 0.717) is 48.1 Å². The highest BCUT2D eigenvalue weighted by Gasteiger charge is 2.39. The lowest BCUT2D eigenvalue weighted by atomic mass is 9.94. The Hall–Kier alpha value is -5.92. The molecular weight excluding hydrogens is 783 g/mol. The topological polar surface area (TPSA) is 179 Å². The van der Waals surface area contributed by atoms with Crippen LogP contribution in [0.15, 0.2) is 67.1 Å². The van der Waals surface area contributed by atoms with Gasteiger partial charge in [-0.3, -0.25) is 4.98 Å².